The highest BCUT2D eigenvalue weighted by molar-refractivity contribution is 5.03. The Morgan fingerprint density at radius 2 is 1.21 bits per heavy atom. The Morgan fingerprint density at radius 3 is 1.68 bits per heavy atom. The van der Waals surface area contributed by atoms with E-state index in [0.29, 0.717) is 16.9 Å². The first-order valence-corrected chi connectivity index (χ1v) is 15.2. The van der Waals surface area contributed by atoms with Crippen molar-refractivity contribution >= 4 is 0 Å². The first-order valence-electron chi connectivity index (χ1n) is 15.2. The van der Waals surface area contributed by atoms with Gasteiger partial charge >= 0.3 is 0 Å². The van der Waals surface area contributed by atoms with Crippen LogP contribution in [-0.2, 0) is 0 Å². The highest BCUT2D eigenvalue weighted by atomic mass is 15.0. The second-order valence-electron chi connectivity index (χ2n) is 13.8. The van der Waals surface area contributed by atoms with Crippen molar-refractivity contribution in [3.8, 4) is 0 Å². The first-order chi connectivity index (χ1) is 16.3. The van der Waals surface area contributed by atoms with Gasteiger partial charge in [0.2, 0.25) is 0 Å². The molecule has 0 heterocycles. The molecule has 4 rings (SSSR count). The standard InChI is InChI=1S/C30H58N4/c1-29(2)24-8-6-22(20-24)27(29)12-10-26(34-19-18-33-17-16-32-15-5-14-31)11-13-28-23-7-9-25(21-23)30(28,3)4/h22-28,32-34H,5-21,31H2,1-4H3. The van der Waals surface area contributed by atoms with Crippen LogP contribution in [0.1, 0.15) is 98.3 Å². The third-order valence-corrected chi connectivity index (χ3v) is 11.5. The van der Waals surface area contributed by atoms with Crippen molar-refractivity contribution in [2.75, 3.05) is 39.3 Å². The lowest BCUT2D eigenvalue weighted by Gasteiger charge is -2.40. The summed E-state index contributed by atoms with van der Waals surface area (Å²) < 4.78 is 0. The van der Waals surface area contributed by atoms with Gasteiger partial charge in [-0.2, -0.15) is 0 Å². The predicted molar refractivity (Wildman–Crippen MR) is 146 cm³/mol. The maximum Gasteiger partial charge on any atom is 0.00793 e. The van der Waals surface area contributed by atoms with E-state index in [4.69, 9.17) is 5.73 Å². The smallest absolute Gasteiger partial charge is 0.00793 e. The van der Waals surface area contributed by atoms with Gasteiger partial charge in [0.05, 0.1) is 0 Å². The van der Waals surface area contributed by atoms with E-state index in [-0.39, 0.29) is 0 Å². The highest BCUT2D eigenvalue weighted by Gasteiger charge is 2.53. The van der Waals surface area contributed by atoms with Crippen LogP contribution < -0.4 is 21.7 Å². The summed E-state index contributed by atoms with van der Waals surface area (Å²) in [6.45, 7) is 16.5. The Labute approximate surface area is 211 Å². The summed E-state index contributed by atoms with van der Waals surface area (Å²) in [6.07, 6.45) is 15.8. The van der Waals surface area contributed by atoms with Gasteiger partial charge in [-0.1, -0.05) is 27.7 Å². The molecule has 0 amide bonds. The van der Waals surface area contributed by atoms with E-state index < -0.39 is 0 Å². The van der Waals surface area contributed by atoms with E-state index in [1.165, 1.54) is 64.2 Å². The van der Waals surface area contributed by atoms with Crippen LogP contribution in [0.3, 0.4) is 0 Å². The van der Waals surface area contributed by atoms with Crippen molar-refractivity contribution in [3.63, 3.8) is 0 Å². The van der Waals surface area contributed by atoms with Crippen LogP contribution in [0, 0.1) is 46.3 Å². The molecule has 0 aromatic carbocycles. The van der Waals surface area contributed by atoms with Gasteiger partial charge in [-0.05, 0) is 130 Å². The van der Waals surface area contributed by atoms with E-state index >= 15 is 0 Å². The third-order valence-electron chi connectivity index (χ3n) is 11.5. The molecule has 0 aromatic heterocycles. The quantitative estimate of drug-likeness (QED) is 0.233. The molecule has 198 valence electrons. The molecule has 5 N–H and O–H groups in total. The lowest BCUT2D eigenvalue weighted by molar-refractivity contribution is 0.0996. The maximum absolute atomic E-state index is 5.57. The summed E-state index contributed by atoms with van der Waals surface area (Å²) >= 11 is 0. The van der Waals surface area contributed by atoms with E-state index in [2.05, 4.69) is 43.6 Å². The molecule has 0 aliphatic heterocycles. The average molecular weight is 475 g/mol. The van der Waals surface area contributed by atoms with E-state index in [1.807, 2.05) is 0 Å². The Kier molecular flexibility index (Phi) is 9.43. The van der Waals surface area contributed by atoms with Crippen LogP contribution >= 0.6 is 0 Å². The first kappa shape index (κ1) is 26.9. The number of fused-ring (bicyclic) bond motifs is 4. The van der Waals surface area contributed by atoms with Gasteiger partial charge in [0, 0.05) is 32.2 Å². The van der Waals surface area contributed by atoms with Gasteiger partial charge < -0.3 is 21.7 Å². The molecular formula is C30H58N4. The molecule has 4 aliphatic carbocycles. The van der Waals surface area contributed by atoms with Crippen LogP contribution in [0.25, 0.3) is 0 Å². The van der Waals surface area contributed by atoms with Gasteiger partial charge in [-0.25, -0.2) is 0 Å². The third kappa shape index (κ3) is 6.03. The van der Waals surface area contributed by atoms with Gasteiger partial charge in [-0.15, -0.1) is 0 Å². The Hall–Kier alpha value is -0.160. The zero-order valence-corrected chi connectivity index (χ0v) is 23.1. The minimum absolute atomic E-state index is 0.582. The summed E-state index contributed by atoms with van der Waals surface area (Å²) in [7, 11) is 0. The zero-order valence-electron chi connectivity index (χ0n) is 23.1. The molecule has 0 aromatic rings. The van der Waals surface area contributed by atoms with Crippen LogP contribution in [0.5, 0.6) is 0 Å². The fraction of sp³-hybridized carbons (Fsp3) is 1.00. The van der Waals surface area contributed by atoms with Gasteiger partial charge in [0.1, 0.15) is 0 Å². The largest absolute Gasteiger partial charge is 0.330 e. The topological polar surface area (TPSA) is 62.1 Å². The molecule has 4 heteroatoms. The molecule has 6 unspecified atom stereocenters. The molecule has 4 fully saturated rings. The summed E-state index contributed by atoms with van der Waals surface area (Å²) in [5, 5.41) is 11.1. The molecule has 0 saturated heterocycles. The molecule has 0 spiro atoms. The molecule has 6 atom stereocenters. The van der Waals surface area contributed by atoms with E-state index in [9.17, 15) is 0 Å². The van der Waals surface area contributed by atoms with Gasteiger partial charge in [0.15, 0.2) is 0 Å². The van der Waals surface area contributed by atoms with Crippen molar-refractivity contribution in [2.24, 2.45) is 52.1 Å². The molecule has 4 aliphatic rings. The molecule has 0 radical (unpaired) electrons. The van der Waals surface area contributed by atoms with Crippen molar-refractivity contribution in [2.45, 2.75) is 104 Å². The number of hydrogen-bond acceptors (Lipinski definition) is 4. The number of rotatable bonds is 16. The molecular weight excluding hydrogens is 416 g/mol. The highest BCUT2D eigenvalue weighted by Crippen LogP contribution is 2.62. The lowest BCUT2D eigenvalue weighted by Crippen LogP contribution is -2.39. The van der Waals surface area contributed by atoms with E-state index in [0.717, 1.165) is 81.2 Å². The predicted octanol–water partition coefficient (Wildman–Crippen LogP) is 5.18. The van der Waals surface area contributed by atoms with Crippen molar-refractivity contribution in [1.82, 2.24) is 16.0 Å². The summed E-state index contributed by atoms with van der Waals surface area (Å²) in [6, 6.07) is 0.703. The minimum atomic E-state index is 0.582. The lowest BCUT2D eigenvalue weighted by atomic mass is 9.66. The Bertz CT molecular complexity index is 575. The number of nitrogens with one attached hydrogen (secondary N) is 3. The second-order valence-corrected chi connectivity index (χ2v) is 13.8. The van der Waals surface area contributed by atoms with Crippen molar-refractivity contribution < 1.29 is 0 Å². The molecule has 4 saturated carbocycles. The fourth-order valence-corrected chi connectivity index (χ4v) is 9.28. The van der Waals surface area contributed by atoms with Gasteiger partial charge in [-0.3, -0.25) is 0 Å². The monoisotopic (exact) mass is 474 g/mol. The zero-order chi connectivity index (χ0) is 24.2. The molecule has 4 nitrogen and oxygen atoms in total. The summed E-state index contributed by atoms with van der Waals surface area (Å²) in [5.41, 5.74) is 6.73. The van der Waals surface area contributed by atoms with Crippen molar-refractivity contribution in [3.05, 3.63) is 0 Å². The fourth-order valence-electron chi connectivity index (χ4n) is 9.28. The average Bonchev–Trinajstić information content (AvgIpc) is 3.55. The minimum Gasteiger partial charge on any atom is -0.330 e. The van der Waals surface area contributed by atoms with Crippen LogP contribution in [0.2, 0.25) is 0 Å². The number of hydrogen-bond donors (Lipinski definition) is 4. The SMILES string of the molecule is CC1(C)C2CCC(C2)C1CCC(CCC1C2CCC(C2)C1(C)C)NCCNCCNCCCN. The summed E-state index contributed by atoms with van der Waals surface area (Å²) in [4.78, 5) is 0. The van der Waals surface area contributed by atoms with E-state index in [1.54, 1.807) is 0 Å². The summed E-state index contributed by atoms with van der Waals surface area (Å²) in [5.74, 6) is 5.99. The molecule has 4 bridgehead atoms. The van der Waals surface area contributed by atoms with Crippen LogP contribution in [-0.4, -0.2) is 45.3 Å². The van der Waals surface area contributed by atoms with Crippen LogP contribution in [0.15, 0.2) is 0 Å². The molecule has 34 heavy (non-hydrogen) atoms. The number of nitrogens with two attached hydrogens (primary N) is 1. The maximum atomic E-state index is 5.57. The Balaban J connectivity index is 1.22. The second kappa shape index (κ2) is 11.9. The van der Waals surface area contributed by atoms with Gasteiger partial charge in [0.25, 0.3) is 0 Å². The Morgan fingerprint density at radius 1 is 0.706 bits per heavy atom. The van der Waals surface area contributed by atoms with Crippen molar-refractivity contribution in [1.29, 1.82) is 0 Å². The van der Waals surface area contributed by atoms with Crippen LogP contribution in [0.4, 0.5) is 0 Å². The normalized spacial score (nSPS) is 35.9.